The number of alkyl halides is 3. The molecule has 1 aromatic carbocycles. The monoisotopic (exact) mass is 576 g/mol. The average molecular weight is 577 g/mol. The lowest BCUT2D eigenvalue weighted by molar-refractivity contribution is -0.137. The summed E-state index contributed by atoms with van der Waals surface area (Å²) < 4.78 is 50.4. The first-order chi connectivity index (χ1) is 18.6. The Morgan fingerprint density at radius 2 is 1.87 bits per heavy atom. The van der Waals surface area contributed by atoms with E-state index in [2.05, 4.69) is 30.3 Å². The average Bonchev–Trinajstić information content (AvgIpc) is 3.58. The Bertz CT molecular complexity index is 1720. The van der Waals surface area contributed by atoms with Crippen molar-refractivity contribution in [1.29, 1.82) is 0 Å². The van der Waals surface area contributed by atoms with Gasteiger partial charge in [0.15, 0.2) is 22.3 Å². The molecule has 0 amide bonds. The predicted octanol–water partition coefficient (Wildman–Crippen LogP) is 6.64. The lowest BCUT2D eigenvalue weighted by atomic mass is 10.0. The van der Waals surface area contributed by atoms with Crippen LogP contribution in [-0.2, 0) is 13.2 Å². The summed E-state index contributed by atoms with van der Waals surface area (Å²) in [5.74, 6) is 0.814. The summed E-state index contributed by atoms with van der Waals surface area (Å²) >= 11 is 12.9. The molecule has 0 bridgehead atoms. The number of hydrogen-bond acceptors (Lipinski definition) is 7. The van der Waals surface area contributed by atoms with Gasteiger partial charge in [-0.25, -0.2) is 14.5 Å². The van der Waals surface area contributed by atoms with Gasteiger partial charge in [-0.2, -0.15) is 23.3 Å². The molecule has 9 nitrogen and oxygen atoms in total. The number of nitrogens with one attached hydrogen (secondary N) is 1. The maximum atomic E-state index is 13.8. The number of rotatable bonds is 5. The van der Waals surface area contributed by atoms with E-state index in [0.29, 0.717) is 28.0 Å². The van der Waals surface area contributed by atoms with Gasteiger partial charge in [0.2, 0.25) is 5.95 Å². The van der Waals surface area contributed by atoms with Crippen molar-refractivity contribution in [3.63, 3.8) is 0 Å². The predicted molar refractivity (Wildman–Crippen MR) is 141 cm³/mol. The van der Waals surface area contributed by atoms with E-state index in [-0.39, 0.29) is 33.6 Å². The van der Waals surface area contributed by atoms with Crippen LogP contribution in [0, 0.1) is 0 Å². The second kappa shape index (κ2) is 9.54. The molecule has 5 heterocycles. The first-order valence-corrected chi connectivity index (χ1v) is 12.7. The summed E-state index contributed by atoms with van der Waals surface area (Å²) in [4.78, 5) is 14.9. The van der Waals surface area contributed by atoms with Crippen LogP contribution in [0.5, 0.6) is 11.5 Å². The van der Waals surface area contributed by atoms with Crippen LogP contribution in [0.1, 0.15) is 30.0 Å². The molecule has 1 N–H and O–H groups in total. The molecule has 1 saturated heterocycles. The Morgan fingerprint density at radius 3 is 2.62 bits per heavy atom. The van der Waals surface area contributed by atoms with Crippen molar-refractivity contribution in [2.75, 3.05) is 18.9 Å². The number of aromatic nitrogens is 6. The number of nitrogens with zero attached hydrogens (tertiary/aromatic N) is 7. The Hall–Kier alpha value is -3.61. The fraction of sp³-hybridized carbons (Fsp3) is 0.280. The molecule has 1 aliphatic heterocycles. The fourth-order valence-electron chi connectivity index (χ4n) is 4.91. The molecule has 5 aromatic rings. The summed E-state index contributed by atoms with van der Waals surface area (Å²) in [6.07, 6.45) is 3.25. The number of hydrogen-bond donors (Lipinski definition) is 1. The lowest BCUT2D eigenvalue weighted by Crippen LogP contribution is -2.18. The number of anilines is 2. The quantitative estimate of drug-likeness (QED) is 0.251. The van der Waals surface area contributed by atoms with Crippen LogP contribution < -0.4 is 10.1 Å². The lowest BCUT2D eigenvalue weighted by Gasteiger charge is -2.22. The molecule has 0 radical (unpaired) electrons. The van der Waals surface area contributed by atoms with Crippen LogP contribution in [0.25, 0.3) is 16.7 Å². The standard InChI is InChI=1S/C25H21Cl2F3N8O/c1-36-6-3-4-16(36)13-8-14(25(28,29)30)10-15(9-13)34-24-35-23-21(37(24)2)19(26)17(11-32-23)39-18-12-33-38-7-5-31-22(27)20(18)38/h5,7-12,16H,3-4,6H2,1-2H3,(H,32,34,35). The van der Waals surface area contributed by atoms with Gasteiger partial charge in [-0.3, -0.25) is 4.90 Å². The molecule has 0 saturated carbocycles. The number of ether oxygens (including phenoxy) is 1. The summed E-state index contributed by atoms with van der Waals surface area (Å²) in [6.45, 7) is 0.834. The van der Waals surface area contributed by atoms with E-state index in [1.165, 1.54) is 29.2 Å². The van der Waals surface area contributed by atoms with Crippen molar-refractivity contribution in [3.8, 4) is 11.5 Å². The van der Waals surface area contributed by atoms with Gasteiger partial charge in [0.05, 0.1) is 18.0 Å². The molecule has 0 aliphatic carbocycles. The molecule has 1 atom stereocenters. The highest BCUT2D eigenvalue weighted by molar-refractivity contribution is 6.36. The summed E-state index contributed by atoms with van der Waals surface area (Å²) in [7, 11) is 3.60. The number of pyridine rings is 1. The van der Waals surface area contributed by atoms with Crippen LogP contribution in [0.3, 0.4) is 0 Å². The normalized spacial score (nSPS) is 16.4. The molecular weight excluding hydrogens is 556 g/mol. The van der Waals surface area contributed by atoms with Gasteiger partial charge in [-0.1, -0.05) is 23.2 Å². The maximum Gasteiger partial charge on any atom is 0.416 e. The van der Waals surface area contributed by atoms with Gasteiger partial charge in [-0.05, 0) is 50.2 Å². The van der Waals surface area contributed by atoms with Crippen molar-refractivity contribution < 1.29 is 17.9 Å². The number of benzene rings is 1. The van der Waals surface area contributed by atoms with E-state index in [1.807, 2.05) is 7.05 Å². The van der Waals surface area contributed by atoms with Crippen LogP contribution >= 0.6 is 23.2 Å². The molecule has 1 aliphatic rings. The zero-order valence-corrected chi connectivity index (χ0v) is 22.2. The number of aryl methyl sites for hydroxylation is 1. The third-order valence-electron chi connectivity index (χ3n) is 6.82. The van der Waals surface area contributed by atoms with E-state index >= 15 is 0 Å². The molecule has 202 valence electrons. The van der Waals surface area contributed by atoms with E-state index in [0.717, 1.165) is 25.5 Å². The number of imidazole rings is 1. The minimum atomic E-state index is -4.50. The fourth-order valence-corrected chi connectivity index (χ4v) is 5.44. The van der Waals surface area contributed by atoms with Gasteiger partial charge < -0.3 is 14.6 Å². The van der Waals surface area contributed by atoms with Crippen molar-refractivity contribution in [3.05, 3.63) is 64.3 Å². The van der Waals surface area contributed by atoms with E-state index in [1.54, 1.807) is 23.9 Å². The second-order valence-electron chi connectivity index (χ2n) is 9.33. The van der Waals surface area contributed by atoms with Gasteiger partial charge >= 0.3 is 6.18 Å². The van der Waals surface area contributed by atoms with Crippen LogP contribution in [0.4, 0.5) is 24.8 Å². The Morgan fingerprint density at radius 1 is 1.05 bits per heavy atom. The van der Waals surface area contributed by atoms with Gasteiger partial charge in [0.1, 0.15) is 16.1 Å². The zero-order valence-electron chi connectivity index (χ0n) is 20.7. The van der Waals surface area contributed by atoms with Crippen LogP contribution in [0.15, 0.2) is 43.0 Å². The molecule has 4 aromatic heterocycles. The molecule has 39 heavy (non-hydrogen) atoms. The number of fused-ring (bicyclic) bond motifs is 2. The highest BCUT2D eigenvalue weighted by Crippen LogP contribution is 2.40. The highest BCUT2D eigenvalue weighted by Gasteiger charge is 2.33. The van der Waals surface area contributed by atoms with E-state index in [9.17, 15) is 13.2 Å². The SMILES string of the molecule is CN1CCCC1c1cc(Nc2nc3ncc(Oc4cnn5ccnc(Cl)c45)c(Cl)c3n2C)cc(C(F)(F)F)c1. The second-order valence-corrected chi connectivity index (χ2v) is 10.1. The topological polar surface area (TPSA) is 85.4 Å². The first-order valence-electron chi connectivity index (χ1n) is 12.0. The third-order valence-corrected chi connectivity index (χ3v) is 7.46. The smallest absolute Gasteiger partial charge is 0.416 e. The van der Waals surface area contributed by atoms with Crippen molar-refractivity contribution in [2.45, 2.75) is 25.1 Å². The number of likely N-dealkylation sites (tertiary alicyclic amines) is 1. The molecule has 14 heteroatoms. The molecular formula is C25H21Cl2F3N8O. The Labute approximate surface area is 230 Å². The first kappa shape index (κ1) is 25.7. The van der Waals surface area contributed by atoms with Crippen LogP contribution in [0.2, 0.25) is 10.2 Å². The van der Waals surface area contributed by atoms with E-state index < -0.39 is 11.7 Å². The van der Waals surface area contributed by atoms with E-state index in [4.69, 9.17) is 27.9 Å². The Kier molecular flexibility index (Phi) is 6.28. The highest BCUT2D eigenvalue weighted by atomic mass is 35.5. The molecule has 1 unspecified atom stereocenters. The summed E-state index contributed by atoms with van der Waals surface area (Å²) in [5, 5.41) is 7.63. The number of halogens is 5. The molecule has 1 fully saturated rings. The third kappa shape index (κ3) is 4.62. The largest absolute Gasteiger partial charge is 0.450 e. The van der Waals surface area contributed by atoms with Crippen molar-refractivity contribution in [2.24, 2.45) is 7.05 Å². The maximum absolute atomic E-state index is 13.8. The van der Waals surface area contributed by atoms with Gasteiger partial charge in [0.25, 0.3) is 0 Å². The van der Waals surface area contributed by atoms with Crippen molar-refractivity contribution in [1.82, 2.24) is 34.0 Å². The van der Waals surface area contributed by atoms with Gasteiger partial charge in [-0.15, -0.1) is 0 Å². The minimum absolute atomic E-state index is 0.0901. The van der Waals surface area contributed by atoms with Crippen molar-refractivity contribution >= 4 is 51.5 Å². The molecule has 6 rings (SSSR count). The molecule has 0 spiro atoms. The zero-order chi connectivity index (χ0) is 27.5. The Balaban J connectivity index is 1.36. The van der Waals surface area contributed by atoms with Gasteiger partial charge in [0, 0.05) is 31.2 Å². The van der Waals surface area contributed by atoms with Crippen LogP contribution in [-0.4, -0.2) is 47.6 Å². The summed E-state index contributed by atoms with van der Waals surface area (Å²) in [6, 6.07) is 3.93. The summed E-state index contributed by atoms with van der Waals surface area (Å²) in [5.41, 5.74) is 1.31. The minimum Gasteiger partial charge on any atom is -0.450 e.